The average molecular weight is 192 g/mol. The molecule has 2 heteroatoms. The monoisotopic (exact) mass is 192 g/mol. The molecule has 1 aromatic carbocycles. The van der Waals surface area contributed by atoms with E-state index in [0.717, 1.165) is 11.4 Å². The predicted molar refractivity (Wildman–Crippen MR) is 64.4 cm³/mol. The molecule has 0 aliphatic carbocycles. The average Bonchev–Trinajstić information content (AvgIpc) is 2.24. The fourth-order valence-electron chi connectivity index (χ4n) is 0.940. The van der Waals surface area contributed by atoms with Gasteiger partial charge in [-0.2, -0.15) is 0 Å². The third kappa shape index (κ3) is 4.19. The number of hydrogen-bond donors (Lipinski definition) is 1. The lowest BCUT2D eigenvalue weighted by molar-refractivity contribution is 1.27. The molecule has 0 aliphatic rings. The summed E-state index contributed by atoms with van der Waals surface area (Å²) in [6.07, 6.45) is 0. The molecular formula is C12H20N2. The van der Waals surface area contributed by atoms with Crippen LogP contribution in [-0.4, -0.2) is 12.3 Å². The van der Waals surface area contributed by atoms with Gasteiger partial charge in [0.05, 0.1) is 5.69 Å². The molecule has 0 spiro atoms. The number of para-hydroxylation sites is 1. The van der Waals surface area contributed by atoms with E-state index < -0.39 is 0 Å². The van der Waals surface area contributed by atoms with Gasteiger partial charge in [0.15, 0.2) is 0 Å². The Labute approximate surface area is 86.9 Å². The molecule has 0 heterocycles. The van der Waals surface area contributed by atoms with Gasteiger partial charge in [0.2, 0.25) is 0 Å². The van der Waals surface area contributed by atoms with Gasteiger partial charge in [0.25, 0.3) is 0 Å². The Morgan fingerprint density at radius 3 is 2.36 bits per heavy atom. The van der Waals surface area contributed by atoms with Crippen molar-refractivity contribution >= 4 is 11.4 Å². The smallest absolute Gasteiger partial charge is 0.0658 e. The minimum atomic E-state index is 0.522. The number of nitrogens with two attached hydrogens (primary N) is 1. The lowest BCUT2D eigenvalue weighted by Crippen LogP contribution is -2.08. The van der Waals surface area contributed by atoms with Gasteiger partial charge in [-0.15, -0.1) is 0 Å². The molecule has 1 aromatic rings. The zero-order valence-electron chi connectivity index (χ0n) is 9.54. The third-order valence-electron chi connectivity index (χ3n) is 1.72. The molecule has 0 fully saturated rings. The van der Waals surface area contributed by atoms with E-state index in [2.05, 4.69) is 4.99 Å². The predicted octanol–water partition coefficient (Wildman–Crippen LogP) is 3.07. The summed E-state index contributed by atoms with van der Waals surface area (Å²) in [5.41, 5.74) is 8.60. The molecule has 0 radical (unpaired) electrons. The lowest BCUT2D eigenvalue weighted by atomic mass is 10.2. The molecule has 2 N–H and O–H groups in total. The second-order valence-corrected chi connectivity index (χ2v) is 2.84. The normalized spacial score (nSPS) is 10.5. The second kappa shape index (κ2) is 7.27. The highest BCUT2D eigenvalue weighted by atomic mass is 14.8. The Morgan fingerprint density at radius 1 is 1.29 bits per heavy atom. The summed E-state index contributed by atoms with van der Waals surface area (Å²) >= 11 is 0. The number of rotatable bonds is 2. The Morgan fingerprint density at radius 2 is 1.86 bits per heavy atom. The lowest BCUT2D eigenvalue weighted by Gasteiger charge is -2.00. The van der Waals surface area contributed by atoms with Gasteiger partial charge in [-0.3, -0.25) is 4.99 Å². The molecule has 0 bridgehead atoms. The van der Waals surface area contributed by atoms with E-state index in [1.165, 1.54) is 5.56 Å². The highest BCUT2D eigenvalue weighted by Gasteiger charge is 1.93. The van der Waals surface area contributed by atoms with Crippen LogP contribution in [0.1, 0.15) is 26.3 Å². The summed E-state index contributed by atoms with van der Waals surface area (Å²) < 4.78 is 0. The Bertz CT molecular complexity index is 290. The van der Waals surface area contributed by atoms with Gasteiger partial charge >= 0.3 is 0 Å². The van der Waals surface area contributed by atoms with E-state index >= 15 is 0 Å². The molecule has 0 atom stereocenters. The van der Waals surface area contributed by atoms with Crippen LogP contribution in [0.2, 0.25) is 0 Å². The fraction of sp³-hybridized carbons (Fsp3) is 0.417. The Hall–Kier alpha value is -1.15. The van der Waals surface area contributed by atoms with Gasteiger partial charge in [-0.25, -0.2) is 0 Å². The second-order valence-electron chi connectivity index (χ2n) is 2.84. The van der Waals surface area contributed by atoms with E-state index in [1.54, 1.807) is 0 Å². The summed E-state index contributed by atoms with van der Waals surface area (Å²) in [4.78, 5) is 4.37. The first-order valence-corrected chi connectivity index (χ1v) is 5.04. The van der Waals surface area contributed by atoms with Crippen molar-refractivity contribution in [2.45, 2.75) is 27.7 Å². The van der Waals surface area contributed by atoms with E-state index in [-0.39, 0.29) is 0 Å². The van der Waals surface area contributed by atoms with Crippen LogP contribution in [0.15, 0.2) is 29.3 Å². The van der Waals surface area contributed by atoms with Gasteiger partial charge < -0.3 is 5.73 Å². The minimum absolute atomic E-state index is 0.522. The summed E-state index contributed by atoms with van der Waals surface area (Å²) in [6.45, 7) is 8.50. The van der Waals surface area contributed by atoms with Crippen molar-refractivity contribution in [3.8, 4) is 0 Å². The van der Waals surface area contributed by atoms with Gasteiger partial charge in [-0.1, -0.05) is 32.0 Å². The highest BCUT2D eigenvalue weighted by Crippen LogP contribution is 2.16. The molecule has 0 saturated heterocycles. The molecule has 1 rings (SSSR count). The number of aliphatic imine (C=N–C) groups is 1. The Balaban J connectivity index is 0.000000791. The molecule has 0 saturated carbocycles. The van der Waals surface area contributed by atoms with E-state index in [4.69, 9.17) is 5.73 Å². The van der Waals surface area contributed by atoms with Crippen LogP contribution in [0.5, 0.6) is 0 Å². The van der Waals surface area contributed by atoms with E-state index in [9.17, 15) is 0 Å². The van der Waals surface area contributed by atoms with Crippen LogP contribution in [0.4, 0.5) is 5.69 Å². The largest absolute Gasteiger partial charge is 0.325 e. The van der Waals surface area contributed by atoms with E-state index in [0.29, 0.717) is 6.54 Å². The number of benzene rings is 1. The van der Waals surface area contributed by atoms with Crippen molar-refractivity contribution < 1.29 is 0 Å². The fourth-order valence-corrected chi connectivity index (χ4v) is 0.940. The zero-order valence-corrected chi connectivity index (χ0v) is 9.54. The first kappa shape index (κ1) is 12.8. The van der Waals surface area contributed by atoms with Crippen molar-refractivity contribution in [1.82, 2.24) is 0 Å². The van der Waals surface area contributed by atoms with Crippen LogP contribution >= 0.6 is 0 Å². The number of aryl methyl sites for hydroxylation is 1. The maximum absolute atomic E-state index is 5.44. The van der Waals surface area contributed by atoms with Crippen molar-refractivity contribution in [1.29, 1.82) is 0 Å². The molecule has 0 aliphatic heterocycles. The van der Waals surface area contributed by atoms with Crippen LogP contribution < -0.4 is 5.73 Å². The van der Waals surface area contributed by atoms with Crippen molar-refractivity contribution in [2.24, 2.45) is 10.7 Å². The third-order valence-corrected chi connectivity index (χ3v) is 1.72. The Kier molecular flexibility index (Phi) is 6.68. The molecule has 0 amide bonds. The topological polar surface area (TPSA) is 38.4 Å². The van der Waals surface area contributed by atoms with Gasteiger partial charge in [-0.05, 0) is 25.5 Å². The first-order chi connectivity index (χ1) is 6.74. The quantitative estimate of drug-likeness (QED) is 0.718. The number of hydrogen-bond acceptors (Lipinski definition) is 2. The van der Waals surface area contributed by atoms with E-state index in [1.807, 2.05) is 52.0 Å². The summed E-state index contributed by atoms with van der Waals surface area (Å²) in [7, 11) is 0. The maximum Gasteiger partial charge on any atom is 0.0658 e. The van der Waals surface area contributed by atoms with Crippen LogP contribution in [0.3, 0.4) is 0 Å². The van der Waals surface area contributed by atoms with Gasteiger partial charge in [0, 0.05) is 12.3 Å². The summed E-state index contributed by atoms with van der Waals surface area (Å²) in [5.74, 6) is 0. The number of nitrogens with zero attached hydrogens (tertiary/aromatic N) is 1. The van der Waals surface area contributed by atoms with Crippen molar-refractivity contribution in [3.05, 3.63) is 29.8 Å². The zero-order chi connectivity index (χ0) is 11.0. The van der Waals surface area contributed by atoms with Crippen molar-refractivity contribution in [3.63, 3.8) is 0 Å². The summed E-state index contributed by atoms with van der Waals surface area (Å²) in [6, 6.07) is 8.03. The van der Waals surface area contributed by atoms with Gasteiger partial charge in [0.1, 0.15) is 0 Å². The molecule has 78 valence electrons. The SMILES string of the molecule is CC.CC(CN)=Nc1ccccc1C. The van der Waals surface area contributed by atoms with Crippen LogP contribution in [0.25, 0.3) is 0 Å². The van der Waals surface area contributed by atoms with Crippen molar-refractivity contribution in [2.75, 3.05) is 6.54 Å². The molecular weight excluding hydrogens is 172 g/mol. The maximum atomic E-state index is 5.44. The molecule has 0 unspecified atom stereocenters. The molecule has 0 aromatic heterocycles. The van der Waals surface area contributed by atoms with Crippen LogP contribution in [0, 0.1) is 6.92 Å². The molecule has 2 nitrogen and oxygen atoms in total. The molecule has 14 heavy (non-hydrogen) atoms. The summed E-state index contributed by atoms with van der Waals surface area (Å²) in [5, 5.41) is 0. The van der Waals surface area contributed by atoms with Crippen LogP contribution in [-0.2, 0) is 0 Å². The highest BCUT2D eigenvalue weighted by molar-refractivity contribution is 5.86. The first-order valence-electron chi connectivity index (χ1n) is 5.04. The standard InChI is InChI=1S/C10H14N2.C2H6/c1-8-5-3-4-6-10(8)12-9(2)7-11;1-2/h3-6H,7,11H2,1-2H3;1-2H3. The minimum Gasteiger partial charge on any atom is -0.325 e.